The molecule has 4 nitrogen and oxygen atoms in total. The van der Waals surface area contributed by atoms with Crippen molar-refractivity contribution >= 4 is 28.4 Å². The van der Waals surface area contributed by atoms with Gasteiger partial charge in [0.15, 0.2) is 5.11 Å². The molecule has 2 aliphatic rings. The van der Waals surface area contributed by atoms with E-state index in [0.717, 1.165) is 42.1 Å². The van der Waals surface area contributed by atoms with Crippen LogP contribution in [0.25, 0.3) is 11.0 Å². The number of nitrogens with zero attached hydrogens (tertiary/aromatic N) is 2. The van der Waals surface area contributed by atoms with E-state index in [-0.39, 0.29) is 0 Å². The van der Waals surface area contributed by atoms with Crippen molar-refractivity contribution in [3.63, 3.8) is 0 Å². The molecule has 3 heterocycles. The molecule has 1 saturated heterocycles. The number of fused-ring (bicyclic) bond motifs is 1. The molecule has 1 saturated carbocycles. The van der Waals surface area contributed by atoms with Gasteiger partial charge in [-0.05, 0) is 61.5 Å². The minimum absolute atomic E-state index is 0.586. The van der Waals surface area contributed by atoms with Crippen LogP contribution in [0.1, 0.15) is 56.4 Å². The first kappa shape index (κ1) is 15.9. The van der Waals surface area contributed by atoms with Crippen molar-refractivity contribution in [1.29, 1.82) is 0 Å². The Morgan fingerprint density at radius 2 is 1.96 bits per heavy atom. The summed E-state index contributed by atoms with van der Waals surface area (Å²) in [6, 6.07) is 4.69. The summed E-state index contributed by atoms with van der Waals surface area (Å²) in [6.07, 6.45) is 13.0. The molecule has 24 heavy (non-hydrogen) atoms. The second kappa shape index (κ2) is 7.09. The maximum Gasteiger partial charge on any atom is 0.169 e. The van der Waals surface area contributed by atoms with Gasteiger partial charge < -0.3 is 15.2 Å². The van der Waals surface area contributed by atoms with Crippen molar-refractivity contribution in [1.82, 2.24) is 20.2 Å². The number of aromatic amines is 1. The fourth-order valence-corrected chi connectivity index (χ4v) is 4.54. The fraction of sp³-hybridized carbons (Fsp3) is 0.579. The van der Waals surface area contributed by atoms with E-state index in [1.54, 1.807) is 0 Å². The van der Waals surface area contributed by atoms with Crippen LogP contribution >= 0.6 is 12.2 Å². The Bertz CT molecular complexity index is 696. The lowest BCUT2D eigenvalue weighted by Crippen LogP contribution is -2.47. The molecule has 5 heteroatoms. The van der Waals surface area contributed by atoms with Crippen molar-refractivity contribution in [3.8, 4) is 0 Å². The third-order valence-electron chi connectivity index (χ3n) is 5.62. The lowest BCUT2D eigenvalue weighted by atomic mass is 9.90. The highest BCUT2D eigenvalue weighted by atomic mass is 32.1. The number of likely N-dealkylation sites (tertiary alicyclic amines) is 1. The van der Waals surface area contributed by atoms with E-state index in [4.69, 9.17) is 12.2 Å². The molecule has 0 radical (unpaired) electrons. The van der Waals surface area contributed by atoms with Crippen LogP contribution < -0.4 is 5.32 Å². The second-order valence-corrected chi connectivity index (χ2v) is 7.58. The van der Waals surface area contributed by atoms with Crippen LogP contribution in [0.3, 0.4) is 0 Å². The predicted octanol–water partition coefficient (Wildman–Crippen LogP) is 3.95. The molecule has 128 valence electrons. The summed E-state index contributed by atoms with van der Waals surface area (Å²) in [5.74, 6) is 0.586. The summed E-state index contributed by atoms with van der Waals surface area (Å²) in [5.41, 5.74) is 3.65. The Morgan fingerprint density at radius 1 is 1.17 bits per heavy atom. The molecule has 0 bridgehead atoms. The van der Waals surface area contributed by atoms with Gasteiger partial charge in [0.25, 0.3) is 0 Å². The highest BCUT2D eigenvalue weighted by Crippen LogP contribution is 2.32. The van der Waals surface area contributed by atoms with Crippen molar-refractivity contribution in [2.24, 2.45) is 0 Å². The molecule has 0 spiro atoms. The molecule has 1 aliphatic heterocycles. The van der Waals surface area contributed by atoms with E-state index in [9.17, 15) is 0 Å². The average molecular weight is 343 g/mol. The summed E-state index contributed by atoms with van der Waals surface area (Å²) < 4.78 is 0. The molecular formula is C19H26N4S. The minimum atomic E-state index is 0.586. The number of piperidine rings is 1. The second-order valence-electron chi connectivity index (χ2n) is 7.19. The van der Waals surface area contributed by atoms with Crippen molar-refractivity contribution < 1.29 is 0 Å². The number of hydrogen-bond donors (Lipinski definition) is 2. The molecule has 0 unspecified atom stereocenters. The summed E-state index contributed by atoms with van der Waals surface area (Å²) in [5, 5.41) is 4.58. The topological polar surface area (TPSA) is 44.0 Å². The number of nitrogens with one attached hydrogen (secondary N) is 2. The van der Waals surface area contributed by atoms with E-state index in [0.29, 0.717) is 12.0 Å². The largest absolute Gasteiger partial charge is 0.360 e. The van der Waals surface area contributed by atoms with E-state index >= 15 is 0 Å². The quantitative estimate of drug-likeness (QED) is 0.811. The van der Waals surface area contributed by atoms with Crippen LogP contribution in [0.5, 0.6) is 0 Å². The third kappa shape index (κ3) is 3.27. The molecule has 2 aromatic rings. The first-order valence-electron chi connectivity index (χ1n) is 9.29. The zero-order valence-corrected chi connectivity index (χ0v) is 14.9. The maximum absolute atomic E-state index is 5.67. The Kier molecular flexibility index (Phi) is 4.69. The van der Waals surface area contributed by atoms with Crippen LogP contribution in [-0.4, -0.2) is 39.1 Å². The first-order valence-corrected chi connectivity index (χ1v) is 9.69. The van der Waals surface area contributed by atoms with Gasteiger partial charge >= 0.3 is 0 Å². The van der Waals surface area contributed by atoms with Crippen molar-refractivity contribution in [2.75, 3.05) is 13.1 Å². The van der Waals surface area contributed by atoms with Crippen LogP contribution in [0.4, 0.5) is 0 Å². The number of rotatable bonds is 2. The average Bonchev–Trinajstić information content (AvgIpc) is 3.07. The standard InChI is InChI=1S/C19H26N4S/c24-19(22-15-5-2-1-3-6-15)23-11-8-14(9-12-23)16-13-21-17-7-4-10-20-18(16)17/h4,7,10,13-15,21H,1-3,5-6,8-9,11-12H2,(H,22,24). The molecule has 1 aliphatic carbocycles. The number of aromatic nitrogens is 2. The van der Waals surface area contributed by atoms with Gasteiger partial charge in [0.1, 0.15) is 0 Å². The van der Waals surface area contributed by atoms with Gasteiger partial charge in [-0.15, -0.1) is 0 Å². The lowest BCUT2D eigenvalue weighted by Gasteiger charge is -2.35. The van der Waals surface area contributed by atoms with Gasteiger partial charge in [-0.3, -0.25) is 4.98 Å². The normalized spacial score (nSPS) is 20.4. The molecular weight excluding hydrogens is 316 g/mol. The SMILES string of the molecule is S=C(NC1CCCCC1)N1CCC(c2c[nH]c3cccnc23)CC1. The summed E-state index contributed by atoms with van der Waals surface area (Å²) in [6.45, 7) is 2.09. The summed E-state index contributed by atoms with van der Waals surface area (Å²) in [4.78, 5) is 10.3. The van der Waals surface area contributed by atoms with E-state index < -0.39 is 0 Å². The first-order chi connectivity index (χ1) is 11.8. The molecule has 2 N–H and O–H groups in total. The Morgan fingerprint density at radius 3 is 2.75 bits per heavy atom. The molecule has 4 rings (SSSR count). The van der Waals surface area contributed by atoms with E-state index in [2.05, 4.69) is 32.4 Å². The summed E-state index contributed by atoms with van der Waals surface area (Å²) >= 11 is 5.67. The van der Waals surface area contributed by atoms with Crippen LogP contribution in [0.15, 0.2) is 24.5 Å². The molecule has 2 aromatic heterocycles. The third-order valence-corrected chi connectivity index (χ3v) is 6.00. The van der Waals surface area contributed by atoms with Gasteiger partial charge in [-0.2, -0.15) is 0 Å². The van der Waals surface area contributed by atoms with Gasteiger partial charge in [-0.1, -0.05) is 19.3 Å². The van der Waals surface area contributed by atoms with E-state index in [1.807, 2.05) is 12.3 Å². The van der Waals surface area contributed by atoms with E-state index in [1.165, 1.54) is 37.7 Å². The number of pyridine rings is 1. The zero-order chi connectivity index (χ0) is 16.4. The highest BCUT2D eigenvalue weighted by molar-refractivity contribution is 7.80. The number of thiocarbonyl (C=S) groups is 1. The van der Waals surface area contributed by atoms with Crippen molar-refractivity contribution in [2.45, 2.75) is 56.9 Å². The molecule has 2 fully saturated rings. The zero-order valence-electron chi connectivity index (χ0n) is 14.1. The Hall–Kier alpha value is -1.62. The van der Waals surface area contributed by atoms with Crippen molar-refractivity contribution in [3.05, 3.63) is 30.1 Å². The smallest absolute Gasteiger partial charge is 0.169 e. The summed E-state index contributed by atoms with van der Waals surface area (Å²) in [7, 11) is 0. The molecule has 0 aromatic carbocycles. The molecule has 0 amide bonds. The highest BCUT2D eigenvalue weighted by Gasteiger charge is 2.25. The minimum Gasteiger partial charge on any atom is -0.360 e. The van der Waals surface area contributed by atoms with Gasteiger partial charge in [-0.25, -0.2) is 0 Å². The monoisotopic (exact) mass is 342 g/mol. The number of H-pyrrole nitrogens is 1. The lowest BCUT2D eigenvalue weighted by molar-refractivity contribution is 0.301. The van der Waals surface area contributed by atoms with Gasteiger partial charge in [0.05, 0.1) is 11.0 Å². The Labute approximate surface area is 149 Å². The van der Waals surface area contributed by atoms with Crippen LogP contribution in [-0.2, 0) is 0 Å². The Balaban J connectivity index is 1.35. The van der Waals surface area contributed by atoms with Crippen LogP contribution in [0.2, 0.25) is 0 Å². The number of hydrogen-bond acceptors (Lipinski definition) is 2. The molecule has 0 atom stereocenters. The maximum atomic E-state index is 5.67. The van der Waals surface area contributed by atoms with Gasteiger partial charge in [0.2, 0.25) is 0 Å². The predicted molar refractivity (Wildman–Crippen MR) is 102 cm³/mol. The van der Waals surface area contributed by atoms with Crippen LogP contribution in [0, 0.1) is 0 Å². The fourth-order valence-electron chi connectivity index (χ4n) is 4.19. The van der Waals surface area contributed by atoms with Gasteiger partial charge in [0, 0.05) is 31.5 Å².